The summed E-state index contributed by atoms with van der Waals surface area (Å²) >= 11 is 0. The molecule has 1 atom stereocenters. The summed E-state index contributed by atoms with van der Waals surface area (Å²) in [6.07, 6.45) is -0.845. The molecule has 0 aliphatic rings. The van der Waals surface area contributed by atoms with Gasteiger partial charge in [0, 0.05) is 12.0 Å². The molecule has 0 heterocycles. The third-order valence-electron chi connectivity index (χ3n) is 2.60. The second-order valence-electron chi connectivity index (χ2n) is 4.08. The van der Waals surface area contributed by atoms with E-state index in [0.29, 0.717) is 5.57 Å². The van der Waals surface area contributed by atoms with Crippen LogP contribution in [0.1, 0.15) is 29.8 Å². The summed E-state index contributed by atoms with van der Waals surface area (Å²) in [5, 5.41) is 29.1. The van der Waals surface area contributed by atoms with E-state index in [1.165, 1.54) is 19.1 Å². The number of aromatic hydroxyl groups is 2. The van der Waals surface area contributed by atoms with Crippen molar-refractivity contribution in [1.82, 2.24) is 0 Å². The van der Waals surface area contributed by atoms with Crippen LogP contribution in [0.4, 0.5) is 0 Å². The minimum absolute atomic E-state index is 0.0219. The number of hydrogen-bond acceptors (Lipinski definition) is 4. The Morgan fingerprint density at radius 2 is 1.94 bits per heavy atom. The number of phenols is 2. The van der Waals surface area contributed by atoms with Crippen LogP contribution in [0, 0.1) is 0 Å². The van der Waals surface area contributed by atoms with E-state index in [9.17, 15) is 20.1 Å². The maximum atomic E-state index is 11.2. The zero-order chi connectivity index (χ0) is 13.2. The predicted octanol–water partition coefficient (Wildman–Crippen LogP) is 1.78. The van der Waals surface area contributed by atoms with Gasteiger partial charge in [0.15, 0.2) is 5.78 Å². The van der Waals surface area contributed by atoms with Crippen molar-refractivity contribution in [3.63, 3.8) is 0 Å². The first-order valence-corrected chi connectivity index (χ1v) is 5.22. The molecule has 0 aliphatic carbocycles. The average molecular weight is 236 g/mol. The van der Waals surface area contributed by atoms with Crippen LogP contribution < -0.4 is 0 Å². The second kappa shape index (κ2) is 5.01. The number of hydrogen-bond donors (Lipinski definition) is 3. The van der Waals surface area contributed by atoms with E-state index in [1.54, 1.807) is 6.92 Å². The van der Waals surface area contributed by atoms with Crippen LogP contribution in [0.25, 0.3) is 0 Å². The fourth-order valence-corrected chi connectivity index (χ4v) is 1.48. The van der Waals surface area contributed by atoms with Crippen molar-refractivity contribution >= 4 is 5.78 Å². The van der Waals surface area contributed by atoms with E-state index in [-0.39, 0.29) is 34.8 Å². The average Bonchev–Trinajstić information content (AvgIpc) is 2.22. The molecule has 92 valence electrons. The van der Waals surface area contributed by atoms with Gasteiger partial charge in [0.2, 0.25) is 0 Å². The van der Waals surface area contributed by atoms with Crippen molar-refractivity contribution < 1.29 is 20.1 Å². The van der Waals surface area contributed by atoms with Gasteiger partial charge in [0.1, 0.15) is 11.5 Å². The van der Waals surface area contributed by atoms with Gasteiger partial charge in [-0.25, -0.2) is 0 Å². The number of rotatable bonds is 4. The van der Waals surface area contributed by atoms with E-state index in [2.05, 4.69) is 6.58 Å². The summed E-state index contributed by atoms with van der Waals surface area (Å²) in [4.78, 5) is 11.2. The van der Waals surface area contributed by atoms with Gasteiger partial charge in [-0.05, 0) is 26.0 Å². The zero-order valence-corrected chi connectivity index (χ0v) is 9.90. The van der Waals surface area contributed by atoms with E-state index in [0.717, 1.165) is 0 Å². The number of carbonyl (C=O) groups is 1. The van der Waals surface area contributed by atoms with Crippen LogP contribution in [-0.4, -0.2) is 27.2 Å². The van der Waals surface area contributed by atoms with Crippen molar-refractivity contribution in [3.8, 4) is 11.5 Å². The van der Waals surface area contributed by atoms with Gasteiger partial charge in [-0.1, -0.05) is 12.2 Å². The molecule has 0 spiro atoms. The van der Waals surface area contributed by atoms with Gasteiger partial charge in [-0.15, -0.1) is 0 Å². The summed E-state index contributed by atoms with van der Waals surface area (Å²) in [7, 11) is 0. The topological polar surface area (TPSA) is 77.8 Å². The third-order valence-corrected chi connectivity index (χ3v) is 2.60. The standard InChI is InChI=1S/C13H16O4/c1-7(2)12(16)6-10-11(15)5-4-9(8(3)14)13(10)17/h4-5,12,15-17H,1,6H2,2-3H3. The molecule has 0 aromatic heterocycles. The van der Waals surface area contributed by atoms with Crippen LogP contribution in [0.5, 0.6) is 11.5 Å². The Labute approximate surface area is 99.8 Å². The van der Waals surface area contributed by atoms with Crippen LogP contribution in [0.15, 0.2) is 24.3 Å². The molecule has 0 saturated heterocycles. The van der Waals surface area contributed by atoms with Crippen LogP contribution in [0.2, 0.25) is 0 Å². The van der Waals surface area contributed by atoms with Gasteiger partial charge in [0.05, 0.1) is 11.7 Å². The smallest absolute Gasteiger partial charge is 0.163 e. The molecule has 0 bridgehead atoms. The van der Waals surface area contributed by atoms with Crippen molar-refractivity contribution in [1.29, 1.82) is 0 Å². The van der Waals surface area contributed by atoms with E-state index < -0.39 is 6.10 Å². The predicted molar refractivity (Wildman–Crippen MR) is 64.3 cm³/mol. The fourth-order valence-electron chi connectivity index (χ4n) is 1.48. The van der Waals surface area contributed by atoms with Crippen molar-refractivity contribution in [2.24, 2.45) is 0 Å². The van der Waals surface area contributed by atoms with Crippen LogP contribution >= 0.6 is 0 Å². The lowest BCUT2D eigenvalue weighted by Crippen LogP contribution is -2.12. The largest absolute Gasteiger partial charge is 0.508 e. The highest BCUT2D eigenvalue weighted by atomic mass is 16.3. The Kier molecular flexibility index (Phi) is 3.91. The fraction of sp³-hybridized carbons (Fsp3) is 0.308. The molecule has 3 N–H and O–H groups in total. The van der Waals surface area contributed by atoms with Crippen LogP contribution in [0.3, 0.4) is 0 Å². The first-order valence-electron chi connectivity index (χ1n) is 5.22. The lowest BCUT2D eigenvalue weighted by Gasteiger charge is -2.14. The van der Waals surface area contributed by atoms with Gasteiger partial charge >= 0.3 is 0 Å². The second-order valence-corrected chi connectivity index (χ2v) is 4.08. The molecule has 4 heteroatoms. The highest BCUT2D eigenvalue weighted by Gasteiger charge is 2.18. The Balaban J connectivity index is 3.18. The first-order chi connectivity index (χ1) is 7.84. The van der Waals surface area contributed by atoms with E-state index >= 15 is 0 Å². The molecule has 1 aromatic rings. The maximum Gasteiger partial charge on any atom is 0.163 e. The Morgan fingerprint density at radius 3 is 2.41 bits per heavy atom. The molecule has 1 unspecified atom stereocenters. The maximum absolute atomic E-state index is 11.2. The number of Topliss-reactive ketones (excluding diaryl/α,β-unsaturated/α-hetero) is 1. The zero-order valence-electron chi connectivity index (χ0n) is 9.90. The highest BCUT2D eigenvalue weighted by molar-refractivity contribution is 5.97. The van der Waals surface area contributed by atoms with Gasteiger partial charge in [-0.2, -0.15) is 0 Å². The molecule has 1 rings (SSSR count). The Hall–Kier alpha value is -1.81. The molecule has 1 aromatic carbocycles. The highest BCUT2D eigenvalue weighted by Crippen LogP contribution is 2.32. The van der Waals surface area contributed by atoms with Crippen molar-refractivity contribution in [2.75, 3.05) is 0 Å². The number of phenolic OH excluding ortho intramolecular Hbond substituents is 2. The van der Waals surface area contributed by atoms with Crippen molar-refractivity contribution in [2.45, 2.75) is 26.4 Å². The minimum atomic E-state index is -0.867. The molecule has 0 fully saturated rings. The normalized spacial score (nSPS) is 12.2. The van der Waals surface area contributed by atoms with Crippen molar-refractivity contribution in [3.05, 3.63) is 35.4 Å². The number of ketones is 1. The van der Waals surface area contributed by atoms with E-state index in [4.69, 9.17) is 0 Å². The third kappa shape index (κ3) is 2.85. The summed E-state index contributed by atoms with van der Waals surface area (Å²) < 4.78 is 0. The van der Waals surface area contributed by atoms with E-state index in [1.807, 2.05) is 0 Å². The molecule has 0 saturated carbocycles. The first kappa shape index (κ1) is 13.3. The molecule has 0 amide bonds. The minimum Gasteiger partial charge on any atom is -0.508 e. The molecule has 0 aliphatic heterocycles. The van der Waals surface area contributed by atoms with Gasteiger partial charge < -0.3 is 15.3 Å². The monoisotopic (exact) mass is 236 g/mol. The Morgan fingerprint density at radius 1 is 1.35 bits per heavy atom. The number of benzene rings is 1. The molecule has 17 heavy (non-hydrogen) atoms. The number of aliphatic hydroxyl groups is 1. The molecular formula is C13H16O4. The molecular weight excluding hydrogens is 220 g/mol. The Bertz CT molecular complexity index is 463. The quantitative estimate of drug-likeness (QED) is 0.550. The number of carbonyl (C=O) groups excluding carboxylic acids is 1. The summed E-state index contributed by atoms with van der Waals surface area (Å²) in [6.45, 7) is 6.56. The molecule has 4 nitrogen and oxygen atoms in total. The SMILES string of the molecule is C=C(C)C(O)Cc1c(O)ccc(C(C)=O)c1O. The molecule has 0 radical (unpaired) electrons. The van der Waals surface area contributed by atoms with Crippen LogP contribution in [-0.2, 0) is 6.42 Å². The number of aliphatic hydroxyl groups excluding tert-OH is 1. The summed E-state index contributed by atoms with van der Waals surface area (Å²) in [6, 6.07) is 2.68. The van der Waals surface area contributed by atoms with Gasteiger partial charge in [-0.3, -0.25) is 4.79 Å². The lowest BCUT2D eigenvalue weighted by atomic mass is 9.98. The summed E-state index contributed by atoms with van der Waals surface area (Å²) in [5.41, 5.74) is 0.817. The lowest BCUT2D eigenvalue weighted by molar-refractivity contribution is 0.101. The summed E-state index contributed by atoms with van der Waals surface area (Å²) in [5.74, 6) is -0.723. The van der Waals surface area contributed by atoms with Gasteiger partial charge in [0.25, 0.3) is 0 Å².